The summed E-state index contributed by atoms with van der Waals surface area (Å²) in [6, 6.07) is 5.83. The maximum absolute atomic E-state index is 10.9. The second-order valence-electron chi connectivity index (χ2n) is 3.14. The van der Waals surface area contributed by atoms with Crippen molar-refractivity contribution in [1.29, 1.82) is 0 Å². The topological polar surface area (TPSA) is 26.3 Å². The monoisotopic (exact) mass is 290 g/mol. The van der Waals surface area contributed by atoms with E-state index in [-0.39, 0.29) is 5.97 Å². The Bertz CT molecular complexity index is 352. The van der Waals surface area contributed by atoms with Gasteiger partial charge in [0.25, 0.3) is 0 Å². The third kappa shape index (κ3) is 3.84. The molecule has 0 radical (unpaired) electrons. The van der Waals surface area contributed by atoms with Crippen LogP contribution in [0, 0.1) is 0 Å². The number of hydrogen-bond donors (Lipinski definition) is 0. The van der Waals surface area contributed by atoms with Gasteiger partial charge in [-0.25, -0.2) is 0 Å². The number of halogens is 2. The van der Waals surface area contributed by atoms with Crippen LogP contribution in [-0.2, 0) is 21.3 Å². The molecule has 0 aromatic heterocycles. The lowest BCUT2D eigenvalue weighted by molar-refractivity contribution is -0.140. The lowest BCUT2D eigenvalue weighted by Gasteiger charge is -2.04. The van der Waals surface area contributed by atoms with Crippen molar-refractivity contribution < 1.29 is 9.53 Å². The van der Waals surface area contributed by atoms with Crippen molar-refractivity contribution >= 4 is 33.5 Å². The standard InChI is InChI=1S/C11H12BrClO2/c1-15-11(14)5-3-8-2-4-9(7-12)10(13)6-8/h2,4,6H,3,5,7H2,1H3. The molecule has 2 nitrogen and oxygen atoms in total. The summed E-state index contributed by atoms with van der Waals surface area (Å²) in [4.78, 5) is 10.9. The molecule has 15 heavy (non-hydrogen) atoms. The zero-order valence-corrected chi connectivity index (χ0v) is 10.8. The Balaban J connectivity index is 2.63. The summed E-state index contributed by atoms with van der Waals surface area (Å²) in [5.41, 5.74) is 2.11. The molecular formula is C11H12BrClO2. The molecule has 0 aliphatic rings. The van der Waals surface area contributed by atoms with E-state index in [0.717, 1.165) is 21.5 Å². The summed E-state index contributed by atoms with van der Waals surface area (Å²) in [7, 11) is 1.39. The van der Waals surface area contributed by atoms with Crippen molar-refractivity contribution in [2.75, 3.05) is 7.11 Å². The van der Waals surface area contributed by atoms with E-state index in [1.165, 1.54) is 7.11 Å². The molecule has 0 heterocycles. The van der Waals surface area contributed by atoms with E-state index < -0.39 is 0 Å². The van der Waals surface area contributed by atoms with Crippen LogP contribution in [-0.4, -0.2) is 13.1 Å². The Hall–Kier alpha value is -0.540. The van der Waals surface area contributed by atoms with Gasteiger partial charge in [-0.05, 0) is 23.6 Å². The summed E-state index contributed by atoms with van der Waals surface area (Å²) >= 11 is 9.38. The molecule has 0 N–H and O–H groups in total. The molecule has 0 aliphatic heterocycles. The maximum atomic E-state index is 10.9. The zero-order chi connectivity index (χ0) is 11.3. The molecule has 1 rings (SSSR count). The number of aryl methyl sites for hydroxylation is 1. The minimum absolute atomic E-state index is 0.198. The number of hydrogen-bond acceptors (Lipinski definition) is 2. The van der Waals surface area contributed by atoms with Crippen molar-refractivity contribution in [2.24, 2.45) is 0 Å². The molecule has 0 unspecified atom stereocenters. The fourth-order valence-electron chi connectivity index (χ4n) is 1.20. The van der Waals surface area contributed by atoms with Gasteiger partial charge >= 0.3 is 5.97 Å². The predicted octanol–water partition coefficient (Wildman–Crippen LogP) is 3.34. The van der Waals surface area contributed by atoms with Crippen molar-refractivity contribution in [2.45, 2.75) is 18.2 Å². The van der Waals surface area contributed by atoms with Gasteiger partial charge in [0.05, 0.1) is 7.11 Å². The summed E-state index contributed by atoms with van der Waals surface area (Å²) in [5.74, 6) is -0.198. The van der Waals surface area contributed by atoms with E-state index in [9.17, 15) is 4.79 Å². The van der Waals surface area contributed by atoms with Gasteiger partial charge in [-0.2, -0.15) is 0 Å². The molecule has 0 bridgehead atoms. The minimum atomic E-state index is -0.198. The number of rotatable bonds is 4. The SMILES string of the molecule is COC(=O)CCc1ccc(CBr)c(Cl)c1. The Kier molecular flexibility index (Phi) is 5.12. The molecule has 1 aromatic rings. The number of benzene rings is 1. The van der Waals surface area contributed by atoms with Crippen LogP contribution in [0.15, 0.2) is 18.2 Å². The molecule has 82 valence electrons. The first-order chi connectivity index (χ1) is 7.17. The molecule has 0 atom stereocenters. The first-order valence-electron chi connectivity index (χ1n) is 4.57. The fraction of sp³-hybridized carbons (Fsp3) is 0.364. The normalized spacial score (nSPS) is 10.1. The molecular weight excluding hydrogens is 279 g/mol. The highest BCUT2D eigenvalue weighted by atomic mass is 79.9. The number of ether oxygens (including phenoxy) is 1. The Morgan fingerprint density at radius 2 is 2.27 bits per heavy atom. The van der Waals surface area contributed by atoms with Crippen molar-refractivity contribution in [3.8, 4) is 0 Å². The lowest BCUT2D eigenvalue weighted by atomic mass is 10.1. The molecule has 0 fully saturated rings. The van der Waals surface area contributed by atoms with Crippen molar-refractivity contribution in [1.82, 2.24) is 0 Å². The Morgan fingerprint density at radius 1 is 1.53 bits per heavy atom. The highest BCUT2D eigenvalue weighted by molar-refractivity contribution is 9.08. The molecule has 0 spiro atoms. The van der Waals surface area contributed by atoms with Crippen LogP contribution in [0.1, 0.15) is 17.5 Å². The fourth-order valence-corrected chi connectivity index (χ4v) is 2.12. The van der Waals surface area contributed by atoms with Crippen LogP contribution in [0.4, 0.5) is 0 Å². The molecule has 4 heteroatoms. The van der Waals surface area contributed by atoms with Gasteiger partial charge in [0.15, 0.2) is 0 Å². The second kappa shape index (κ2) is 6.13. The lowest BCUT2D eigenvalue weighted by Crippen LogP contribution is -2.01. The largest absolute Gasteiger partial charge is 0.469 e. The number of alkyl halides is 1. The van der Waals surface area contributed by atoms with Gasteiger partial charge in [-0.1, -0.05) is 39.7 Å². The third-order valence-corrected chi connectivity index (χ3v) is 3.06. The van der Waals surface area contributed by atoms with E-state index in [1.54, 1.807) is 0 Å². The average Bonchev–Trinajstić information content (AvgIpc) is 2.26. The molecule has 0 amide bonds. The summed E-state index contributed by atoms with van der Waals surface area (Å²) < 4.78 is 4.57. The van der Waals surface area contributed by atoms with Gasteiger partial charge in [0.1, 0.15) is 0 Å². The Morgan fingerprint density at radius 3 is 2.80 bits per heavy atom. The van der Waals surface area contributed by atoms with Crippen LogP contribution in [0.3, 0.4) is 0 Å². The van der Waals surface area contributed by atoms with E-state index >= 15 is 0 Å². The number of esters is 1. The average molecular weight is 292 g/mol. The van der Waals surface area contributed by atoms with Crippen molar-refractivity contribution in [3.63, 3.8) is 0 Å². The quantitative estimate of drug-likeness (QED) is 0.628. The Labute approximate surface area is 103 Å². The van der Waals surface area contributed by atoms with E-state index in [0.29, 0.717) is 12.8 Å². The minimum Gasteiger partial charge on any atom is -0.469 e. The van der Waals surface area contributed by atoms with Crippen molar-refractivity contribution in [3.05, 3.63) is 34.3 Å². The van der Waals surface area contributed by atoms with Gasteiger partial charge in [0, 0.05) is 16.8 Å². The first-order valence-corrected chi connectivity index (χ1v) is 6.07. The van der Waals surface area contributed by atoms with Gasteiger partial charge < -0.3 is 4.74 Å². The highest BCUT2D eigenvalue weighted by Crippen LogP contribution is 2.20. The van der Waals surface area contributed by atoms with E-state index in [4.69, 9.17) is 11.6 Å². The van der Waals surface area contributed by atoms with Crippen LogP contribution < -0.4 is 0 Å². The summed E-state index contributed by atoms with van der Waals surface area (Å²) in [5, 5.41) is 1.47. The summed E-state index contributed by atoms with van der Waals surface area (Å²) in [6.45, 7) is 0. The first kappa shape index (κ1) is 12.5. The van der Waals surface area contributed by atoms with E-state index in [2.05, 4.69) is 20.7 Å². The van der Waals surface area contributed by atoms with Crippen LogP contribution in [0.25, 0.3) is 0 Å². The zero-order valence-electron chi connectivity index (χ0n) is 8.43. The van der Waals surface area contributed by atoms with Crippen LogP contribution in [0.5, 0.6) is 0 Å². The van der Waals surface area contributed by atoms with Gasteiger partial charge in [0.2, 0.25) is 0 Å². The second-order valence-corrected chi connectivity index (χ2v) is 4.10. The third-order valence-electron chi connectivity index (χ3n) is 2.11. The maximum Gasteiger partial charge on any atom is 0.305 e. The smallest absolute Gasteiger partial charge is 0.305 e. The highest BCUT2D eigenvalue weighted by Gasteiger charge is 2.04. The molecule has 1 aromatic carbocycles. The van der Waals surface area contributed by atoms with Gasteiger partial charge in [-0.15, -0.1) is 0 Å². The van der Waals surface area contributed by atoms with Crippen LogP contribution >= 0.6 is 27.5 Å². The van der Waals surface area contributed by atoms with Gasteiger partial charge in [-0.3, -0.25) is 4.79 Å². The van der Waals surface area contributed by atoms with E-state index in [1.807, 2.05) is 18.2 Å². The molecule has 0 aliphatic carbocycles. The number of carbonyl (C=O) groups is 1. The van der Waals surface area contributed by atoms with Crippen LogP contribution in [0.2, 0.25) is 5.02 Å². The predicted molar refractivity (Wildman–Crippen MR) is 64.4 cm³/mol. The summed E-state index contributed by atoms with van der Waals surface area (Å²) in [6.07, 6.45) is 1.05. The number of carbonyl (C=O) groups excluding carboxylic acids is 1. The number of methoxy groups -OCH3 is 1. The molecule has 0 saturated carbocycles. The molecule has 0 saturated heterocycles.